The number of ether oxygens (including phenoxy) is 2. The van der Waals surface area contributed by atoms with Crippen LogP contribution in [-0.4, -0.2) is 45.4 Å². The van der Waals surface area contributed by atoms with E-state index in [1.807, 2.05) is 48.5 Å². The molecule has 3 heterocycles. The summed E-state index contributed by atoms with van der Waals surface area (Å²) in [5, 5.41) is 9.29. The van der Waals surface area contributed by atoms with Gasteiger partial charge in [-0.2, -0.15) is 0 Å². The van der Waals surface area contributed by atoms with E-state index < -0.39 is 6.10 Å². The summed E-state index contributed by atoms with van der Waals surface area (Å²) >= 11 is 2.79. The summed E-state index contributed by atoms with van der Waals surface area (Å²) in [6.07, 6.45) is -0.478. The van der Waals surface area contributed by atoms with Crippen LogP contribution in [0.4, 0.5) is 0 Å². The highest BCUT2D eigenvalue weighted by Gasteiger charge is 2.27. The Labute approximate surface area is 186 Å². The number of hydrogen-bond donors (Lipinski definition) is 0. The van der Waals surface area contributed by atoms with Gasteiger partial charge in [-0.05, 0) is 24.3 Å². The average Bonchev–Trinajstić information content (AvgIpc) is 3.43. The Morgan fingerprint density at radius 3 is 2.84 bits per heavy atom. The predicted molar refractivity (Wildman–Crippen MR) is 116 cm³/mol. The minimum absolute atomic E-state index is 0.0461. The van der Waals surface area contributed by atoms with Gasteiger partial charge in [-0.1, -0.05) is 36.0 Å². The number of aromatic nitrogens is 3. The maximum atomic E-state index is 12.5. The van der Waals surface area contributed by atoms with Crippen LogP contribution in [0, 0.1) is 0 Å². The molecule has 2 aromatic carbocycles. The molecule has 0 aliphatic carbocycles. The highest BCUT2D eigenvalue weighted by atomic mass is 32.2. The van der Waals surface area contributed by atoms with Crippen LogP contribution in [0.3, 0.4) is 0 Å². The normalized spacial score (nSPS) is 15.2. The number of para-hydroxylation sites is 3. The second-order valence-corrected chi connectivity index (χ2v) is 8.93. The van der Waals surface area contributed by atoms with Crippen LogP contribution in [0.2, 0.25) is 0 Å². The van der Waals surface area contributed by atoms with Gasteiger partial charge in [0.25, 0.3) is 11.1 Å². The minimum atomic E-state index is -0.478. The third-order valence-electron chi connectivity index (χ3n) is 4.66. The van der Waals surface area contributed by atoms with E-state index in [1.165, 1.54) is 11.8 Å². The predicted octanol–water partition coefficient (Wildman–Crippen LogP) is 3.94. The lowest BCUT2D eigenvalue weighted by molar-refractivity contribution is -0.127. The van der Waals surface area contributed by atoms with Gasteiger partial charge in [-0.25, -0.2) is 4.98 Å². The molecule has 0 unspecified atom stereocenters. The third kappa shape index (κ3) is 4.35. The molecular formula is C21H18N4O4S2. The second kappa shape index (κ2) is 8.56. The molecule has 2 aromatic heterocycles. The Kier molecular flexibility index (Phi) is 5.47. The molecule has 1 aliphatic heterocycles. The number of amides is 1. The summed E-state index contributed by atoms with van der Waals surface area (Å²) in [6, 6.07) is 15.4. The van der Waals surface area contributed by atoms with Gasteiger partial charge in [0.1, 0.15) is 11.6 Å². The van der Waals surface area contributed by atoms with Crippen LogP contribution in [0.5, 0.6) is 11.5 Å². The molecule has 5 rings (SSSR count). The molecule has 0 saturated carbocycles. The van der Waals surface area contributed by atoms with E-state index in [9.17, 15) is 4.79 Å². The zero-order valence-corrected chi connectivity index (χ0v) is 18.2. The number of hydrogen-bond acceptors (Lipinski definition) is 9. The topological polar surface area (TPSA) is 90.6 Å². The summed E-state index contributed by atoms with van der Waals surface area (Å²) in [5.41, 5.74) is 0.952. The van der Waals surface area contributed by atoms with E-state index in [4.69, 9.17) is 13.9 Å². The Hall–Kier alpha value is -3.11. The van der Waals surface area contributed by atoms with E-state index in [2.05, 4.69) is 15.2 Å². The first-order valence-corrected chi connectivity index (χ1v) is 11.4. The lowest BCUT2D eigenvalue weighted by Gasteiger charge is -2.23. The lowest BCUT2D eigenvalue weighted by Crippen LogP contribution is -2.27. The number of thioether (sulfide) groups is 1. The molecule has 0 saturated heterocycles. The first-order valence-electron chi connectivity index (χ1n) is 9.59. The SMILES string of the molecule is CN(Cc1nc2ccccc2s1)C(=O)CSc1nnc([C@H]2COc3ccccc3O2)o1. The molecule has 10 heteroatoms. The van der Waals surface area contributed by atoms with E-state index in [0.29, 0.717) is 29.2 Å². The maximum absolute atomic E-state index is 12.5. The molecule has 0 fully saturated rings. The second-order valence-electron chi connectivity index (χ2n) is 6.88. The van der Waals surface area contributed by atoms with Gasteiger partial charge in [0.05, 0.1) is 22.5 Å². The van der Waals surface area contributed by atoms with Crippen molar-refractivity contribution in [3.8, 4) is 11.5 Å². The molecule has 1 aliphatic rings. The highest BCUT2D eigenvalue weighted by Crippen LogP contribution is 2.36. The zero-order valence-electron chi connectivity index (χ0n) is 16.6. The van der Waals surface area contributed by atoms with Crippen LogP contribution < -0.4 is 9.47 Å². The Bertz CT molecular complexity index is 1190. The van der Waals surface area contributed by atoms with Crippen molar-refractivity contribution in [1.82, 2.24) is 20.1 Å². The molecule has 1 atom stereocenters. The number of carbonyl (C=O) groups is 1. The summed E-state index contributed by atoms with van der Waals surface area (Å²) < 4.78 is 18.4. The van der Waals surface area contributed by atoms with E-state index >= 15 is 0 Å². The number of nitrogens with zero attached hydrogens (tertiary/aromatic N) is 4. The summed E-state index contributed by atoms with van der Waals surface area (Å²) in [6.45, 7) is 0.744. The standard InChI is InChI=1S/C21H18N4O4S2/c1-25(10-18-22-13-6-2-5-9-17(13)31-18)19(26)12-30-21-24-23-20(29-21)16-11-27-14-7-3-4-8-15(14)28-16/h2-9,16H,10-12H2,1H3/t16-/m1/s1. The maximum Gasteiger partial charge on any atom is 0.277 e. The fraction of sp³-hybridized carbons (Fsp3) is 0.238. The Morgan fingerprint density at radius 2 is 1.97 bits per heavy atom. The van der Waals surface area contributed by atoms with Crippen molar-refractivity contribution < 1.29 is 18.7 Å². The monoisotopic (exact) mass is 454 g/mol. The first kappa shape index (κ1) is 19.8. The number of thiazole rings is 1. The molecule has 0 radical (unpaired) electrons. The van der Waals surface area contributed by atoms with Crippen molar-refractivity contribution >= 4 is 39.2 Å². The van der Waals surface area contributed by atoms with Crippen LogP contribution >= 0.6 is 23.1 Å². The third-order valence-corrected chi connectivity index (χ3v) is 6.49. The zero-order chi connectivity index (χ0) is 21.2. The van der Waals surface area contributed by atoms with Gasteiger partial charge < -0.3 is 18.8 Å². The van der Waals surface area contributed by atoms with Crippen LogP contribution in [0.1, 0.15) is 17.0 Å². The number of benzene rings is 2. The van der Waals surface area contributed by atoms with E-state index in [1.54, 1.807) is 23.3 Å². The largest absolute Gasteiger partial charge is 0.485 e. The van der Waals surface area contributed by atoms with Gasteiger partial charge in [0.15, 0.2) is 11.5 Å². The fourth-order valence-corrected chi connectivity index (χ4v) is 4.79. The highest BCUT2D eigenvalue weighted by molar-refractivity contribution is 7.99. The number of rotatable bonds is 6. The summed E-state index contributed by atoms with van der Waals surface area (Å²) in [7, 11) is 1.76. The minimum Gasteiger partial charge on any atom is -0.485 e. The van der Waals surface area contributed by atoms with Crippen LogP contribution in [0.15, 0.2) is 58.2 Å². The molecule has 0 spiro atoms. The van der Waals surface area contributed by atoms with Crippen molar-refractivity contribution in [3.05, 3.63) is 59.4 Å². The number of carbonyl (C=O) groups excluding carboxylic acids is 1. The van der Waals surface area contributed by atoms with Gasteiger partial charge >= 0.3 is 0 Å². The van der Waals surface area contributed by atoms with Crippen molar-refractivity contribution in [2.24, 2.45) is 0 Å². The van der Waals surface area contributed by atoms with E-state index in [0.717, 1.165) is 15.2 Å². The average molecular weight is 455 g/mol. The van der Waals surface area contributed by atoms with E-state index in [-0.39, 0.29) is 18.3 Å². The molecule has 0 N–H and O–H groups in total. The van der Waals surface area contributed by atoms with Crippen molar-refractivity contribution in [3.63, 3.8) is 0 Å². The Morgan fingerprint density at radius 1 is 1.16 bits per heavy atom. The molecule has 1 amide bonds. The van der Waals surface area contributed by atoms with Gasteiger partial charge in [0, 0.05) is 7.05 Å². The van der Waals surface area contributed by atoms with Gasteiger partial charge in [0.2, 0.25) is 12.0 Å². The van der Waals surface area contributed by atoms with Crippen molar-refractivity contribution in [2.45, 2.75) is 17.9 Å². The Balaban J connectivity index is 1.16. The van der Waals surface area contributed by atoms with Gasteiger partial charge in [-0.15, -0.1) is 21.5 Å². The molecular weight excluding hydrogens is 436 g/mol. The van der Waals surface area contributed by atoms with Crippen LogP contribution in [-0.2, 0) is 11.3 Å². The van der Waals surface area contributed by atoms with Crippen molar-refractivity contribution in [1.29, 1.82) is 0 Å². The van der Waals surface area contributed by atoms with Gasteiger partial charge in [-0.3, -0.25) is 4.79 Å². The van der Waals surface area contributed by atoms with Crippen LogP contribution in [0.25, 0.3) is 10.2 Å². The smallest absolute Gasteiger partial charge is 0.277 e. The quantitative estimate of drug-likeness (QED) is 0.405. The summed E-state index contributed by atoms with van der Waals surface area (Å²) in [5.74, 6) is 1.79. The summed E-state index contributed by atoms with van der Waals surface area (Å²) in [4.78, 5) is 18.8. The molecule has 31 heavy (non-hydrogen) atoms. The fourth-order valence-electron chi connectivity index (χ4n) is 3.06. The molecule has 4 aromatic rings. The number of fused-ring (bicyclic) bond motifs is 2. The molecule has 158 valence electrons. The molecule has 0 bridgehead atoms. The first-order chi connectivity index (χ1) is 15.2. The lowest BCUT2D eigenvalue weighted by atomic mass is 10.2. The van der Waals surface area contributed by atoms with Crippen molar-refractivity contribution in [2.75, 3.05) is 19.4 Å². The molecule has 8 nitrogen and oxygen atoms in total.